The van der Waals surface area contributed by atoms with Crippen LogP contribution in [0.4, 0.5) is 22.7 Å². The van der Waals surface area contributed by atoms with Crippen molar-refractivity contribution in [2.75, 3.05) is 32.7 Å². The Labute approximate surface area is 256 Å². The van der Waals surface area contributed by atoms with Gasteiger partial charge in [-0.15, -0.1) is 0 Å². The molecule has 0 aliphatic carbocycles. The van der Waals surface area contributed by atoms with Gasteiger partial charge in [-0.05, 0) is 73.2 Å². The summed E-state index contributed by atoms with van der Waals surface area (Å²) in [5.74, 6) is -1.60. The summed E-state index contributed by atoms with van der Waals surface area (Å²) >= 11 is 0. The maximum atomic E-state index is 13.2. The van der Waals surface area contributed by atoms with Crippen LogP contribution in [0.25, 0.3) is 6.08 Å². The normalized spacial score (nSPS) is 11.1. The number of anilines is 3. The number of methoxy groups -OCH3 is 2. The highest BCUT2D eigenvalue weighted by atomic mass is 16.5. The Hall–Kier alpha value is -5.70. The average molecular weight is 592 g/mol. The van der Waals surface area contributed by atoms with E-state index in [0.717, 1.165) is 29.0 Å². The van der Waals surface area contributed by atoms with E-state index in [0.29, 0.717) is 6.54 Å². The molecule has 4 aromatic carbocycles. The zero-order valence-electron chi connectivity index (χ0n) is 25.0. The highest BCUT2D eigenvalue weighted by Crippen LogP contribution is 2.34. The number of benzene rings is 4. The zero-order chi connectivity index (χ0) is 31.5. The van der Waals surface area contributed by atoms with Gasteiger partial charge in [0.05, 0.1) is 31.0 Å². The number of para-hydroxylation sites is 2. The van der Waals surface area contributed by atoms with Crippen LogP contribution in [0, 0.1) is 0 Å². The Morgan fingerprint density at radius 1 is 0.750 bits per heavy atom. The number of hydrogen-bond acceptors (Lipinski definition) is 8. The van der Waals surface area contributed by atoms with Crippen molar-refractivity contribution in [3.8, 4) is 0 Å². The van der Waals surface area contributed by atoms with Gasteiger partial charge in [0.2, 0.25) is 0 Å². The number of likely N-dealkylation sites (N-methyl/N-ethyl adjacent to an activating group) is 1. The first-order valence-electron chi connectivity index (χ1n) is 13.8. The maximum absolute atomic E-state index is 13.2. The SMILES string of the molecule is CCN(C)C(=O)/C(=C\c1ccc(N(c2ccccc2)c2ccccc2)cc1)OC=Nc1cc(C(=O)OC)ccc1C(=O)OC. The van der Waals surface area contributed by atoms with E-state index in [4.69, 9.17) is 14.2 Å². The van der Waals surface area contributed by atoms with Gasteiger partial charge in [-0.2, -0.15) is 0 Å². The third-order valence-corrected chi connectivity index (χ3v) is 6.71. The van der Waals surface area contributed by atoms with Crippen LogP contribution in [0.2, 0.25) is 0 Å². The van der Waals surface area contributed by atoms with Crippen molar-refractivity contribution in [3.63, 3.8) is 0 Å². The Morgan fingerprint density at radius 2 is 1.32 bits per heavy atom. The number of carbonyl (C=O) groups excluding carboxylic acids is 3. The molecule has 0 saturated carbocycles. The number of ether oxygens (including phenoxy) is 3. The van der Waals surface area contributed by atoms with Gasteiger partial charge in [-0.3, -0.25) is 4.79 Å². The number of nitrogens with zero attached hydrogens (tertiary/aromatic N) is 3. The Bertz CT molecular complexity index is 1610. The molecule has 0 heterocycles. The van der Waals surface area contributed by atoms with Crippen molar-refractivity contribution in [3.05, 3.63) is 126 Å². The van der Waals surface area contributed by atoms with Crippen molar-refractivity contribution in [2.45, 2.75) is 6.92 Å². The number of amides is 1. The number of aliphatic imine (C=N–C) groups is 1. The minimum Gasteiger partial charge on any atom is -0.465 e. The van der Waals surface area contributed by atoms with Gasteiger partial charge in [0.15, 0.2) is 12.2 Å². The Balaban J connectivity index is 1.66. The minimum atomic E-state index is -0.647. The summed E-state index contributed by atoms with van der Waals surface area (Å²) in [5.41, 5.74) is 4.07. The number of rotatable bonds is 11. The van der Waals surface area contributed by atoms with E-state index in [-0.39, 0.29) is 28.5 Å². The molecule has 0 aliphatic heterocycles. The molecule has 0 N–H and O–H groups in total. The smallest absolute Gasteiger partial charge is 0.340 e. The van der Waals surface area contributed by atoms with Crippen LogP contribution in [0.15, 0.2) is 114 Å². The van der Waals surface area contributed by atoms with Crippen LogP contribution >= 0.6 is 0 Å². The van der Waals surface area contributed by atoms with Crippen molar-refractivity contribution in [2.24, 2.45) is 4.99 Å². The molecule has 0 aromatic heterocycles. The molecule has 0 atom stereocenters. The Morgan fingerprint density at radius 3 is 1.86 bits per heavy atom. The standard InChI is InChI=1S/C35H33N3O6/c1-5-37(2)33(39)32(44-24-36-31-23-26(34(40)42-3)18-21-30(31)35(41)43-4)22-25-16-19-29(20-17-25)38(27-12-8-6-9-13-27)28-14-10-7-11-15-28/h6-24H,5H2,1-4H3/b32-22+,36-24?. The largest absolute Gasteiger partial charge is 0.465 e. The molecular formula is C35H33N3O6. The van der Waals surface area contributed by atoms with Crippen LogP contribution in [0.1, 0.15) is 33.2 Å². The van der Waals surface area contributed by atoms with Gasteiger partial charge in [0.1, 0.15) is 0 Å². The van der Waals surface area contributed by atoms with E-state index in [1.54, 1.807) is 13.1 Å². The summed E-state index contributed by atoms with van der Waals surface area (Å²) in [6, 6.07) is 32.0. The first-order valence-corrected chi connectivity index (χ1v) is 13.8. The Kier molecular flexibility index (Phi) is 10.6. The van der Waals surface area contributed by atoms with E-state index in [9.17, 15) is 14.4 Å². The quantitative estimate of drug-likeness (QED) is 0.0614. The maximum Gasteiger partial charge on any atom is 0.340 e. The number of carbonyl (C=O) groups is 3. The number of esters is 2. The van der Waals surface area contributed by atoms with Gasteiger partial charge in [-0.1, -0.05) is 48.5 Å². The van der Waals surface area contributed by atoms with Crippen LogP contribution in [-0.2, 0) is 19.0 Å². The van der Waals surface area contributed by atoms with Gasteiger partial charge >= 0.3 is 11.9 Å². The second kappa shape index (κ2) is 15.0. The summed E-state index contributed by atoms with van der Waals surface area (Å²) in [7, 11) is 4.15. The molecule has 0 radical (unpaired) electrons. The van der Waals surface area contributed by atoms with E-state index >= 15 is 0 Å². The third kappa shape index (κ3) is 7.57. The molecule has 1 amide bonds. The van der Waals surface area contributed by atoms with Crippen molar-refractivity contribution in [1.29, 1.82) is 0 Å². The second-order valence-electron chi connectivity index (χ2n) is 9.49. The van der Waals surface area contributed by atoms with Gasteiger partial charge in [-0.25, -0.2) is 14.6 Å². The molecule has 224 valence electrons. The lowest BCUT2D eigenvalue weighted by atomic mass is 10.1. The summed E-state index contributed by atoms with van der Waals surface area (Å²) in [4.78, 5) is 45.4. The van der Waals surface area contributed by atoms with Crippen molar-refractivity contribution in [1.82, 2.24) is 4.90 Å². The third-order valence-electron chi connectivity index (χ3n) is 6.71. The predicted molar refractivity (Wildman–Crippen MR) is 171 cm³/mol. The molecule has 0 saturated heterocycles. The van der Waals surface area contributed by atoms with Crippen molar-refractivity contribution >= 4 is 53.1 Å². The highest BCUT2D eigenvalue weighted by Gasteiger charge is 2.18. The fourth-order valence-corrected chi connectivity index (χ4v) is 4.26. The highest BCUT2D eigenvalue weighted by molar-refractivity contribution is 5.99. The molecule has 9 nitrogen and oxygen atoms in total. The topological polar surface area (TPSA) is 97.7 Å². The molecule has 44 heavy (non-hydrogen) atoms. The van der Waals surface area contributed by atoms with E-state index in [1.165, 1.54) is 37.3 Å². The van der Waals surface area contributed by atoms with Crippen LogP contribution in [-0.4, -0.2) is 57.0 Å². The fourth-order valence-electron chi connectivity index (χ4n) is 4.26. The zero-order valence-corrected chi connectivity index (χ0v) is 25.0. The van der Waals surface area contributed by atoms with E-state index < -0.39 is 11.9 Å². The molecule has 4 rings (SSSR count). The van der Waals surface area contributed by atoms with Gasteiger partial charge in [0.25, 0.3) is 5.91 Å². The van der Waals surface area contributed by atoms with Crippen LogP contribution < -0.4 is 4.90 Å². The summed E-state index contributed by atoms with van der Waals surface area (Å²) in [6.45, 7) is 2.30. The molecule has 0 spiro atoms. The van der Waals surface area contributed by atoms with Crippen LogP contribution in [0.3, 0.4) is 0 Å². The summed E-state index contributed by atoms with van der Waals surface area (Å²) in [6.07, 6.45) is 2.67. The lowest BCUT2D eigenvalue weighted by molar-refractivity contribution is -0.127. The number of hydrogen-bond donors (Lipinski definition) is 0. The minimum absolute atomic E-state index is 0.0116. The first-order chi connectivity index (χ1) is 21.4. The molecule has 0 aliphatic rings. The van der Waals surface area contributed by atoms with E-state index in [2.05, 4.69) is 9.89 Å². The average Bonchev–Trinajstić information content (AvgIpc) is 3.08. The monoisotopic (exact) mass is 591 g/mol. The molecule has 4 aromatic rings. The predicted octanol–water partition coefficient (Wildman–Crippen LogP) is 6.93. The van der Waals surface area contributed by atoms with Gasteiger partial charge < -0.3 is 24.0 Å². The van der Waals surface area contributed by atoms with Gasteiger partial charge in [0, 0.05) is 30.7 Å². The molecular weight excluding hydrogens is 558 g/mol. The lowest BCUT2D eigenvalue weighted by Gasteiger charge is -2.25. The van der Waals surface area contributed by atoms with Crippen molar-refractivity contribution < 1.29 is 28.6 Å². The second-order valence-corrected chi connectivity index (χ2v) is 9.49. The summed E-state index contributed by atoms with van der Waals surface area (Å²) < 4.78 is 15.3. The molecule has 0 fully saturated rings. The molecule has 9 heteroatoms. The summed E-state index contributed by atoms with van der Waals surface area (Å²) in [5, 5.41) is 0. The molecule has 0 unspecified atom stereocenters. The lowest BCUT2D eigenvalue weighted by Crippen LogP contribution is -2.28. The van der Waals surface area contributed by atoms with E-state index in [1.807, 2.05) is 91.9 Å². The molecule has 0 bridgehead atoms. The fraction of sp³-hybridized carbons (Fsp3) is 0.143. The first kappa shape index (κ1) is 31.2. The van der Waals surface area contributed by atoms with Crippen LogP contribution in [0.5, 0.6) is 0 Å².